The van der Waals surface area contributed by atoms with Crippen molar-refractivity contribution in [2.75, 3.05) is 33.3 Å². The zero-order valence-corrected chi connectivity index (χ0v) is 19.5. The SMILES string of the molecule is COc1ccc(N2C(=O)/C(=C\c3cc(Br)c(OC)c(OC)c3)C(=O)NC2=S)c(OC)c1. The second-order valence-corrected chi connectivity index (χ2v) is 7.47. The molecule has 8 nitrogen and oxygen atoms in total. The first-order valence-electron chi connectivity index (χ1n) is 8.89. The molecule has 1 fully saturated rings. The Morgan fingerprint density at radius 3 is 2.29 bits per heavy atom. The molecule has 0 aliphatic carbocycles. The molecule has 1 N–H and O–H groups in total. The van der Waals surface area contributed by atoms with Gasteiger partial charge in [0.15, 0.2) is 16.6 Å². The number of amides is 2. The molecular weight excluding hydrogens is 488 g/mol. The van der Waals surface area contributed by atoms with Crippen LogP contribution in [0.2, 0.25) is 0 Å². The summed E-state index contributed by atoms with van der Waals surface area (Å²) in [6.07, 6.45) is 1.45. The fraction of sp³-hybridized carbons (Fsp3) is 0.190. The lowest BCUT2D eigenvalue weighted by Crippen LogP contribution is -2.54. The summed E-state index contributed by atoms with van der Waals surface area (Å²) < 4.78 is 21.8. The number of anilines is 1. The number of carbonyl (C=O) groups excluding carboxylic acids is 2. The molecule has 1 aliphatic heterocycles. The Balaban J connectivity index is 2.08. The van der Waals surface area contributed by atoms with Crippen molar-refractivity contribution in [3.8, 4) is 23.0 Å². The van der Waals surface area contributed by atoms with Gasteiger partial charge in [0.05, 0.1) is 38.6 Å². The van der Waals surface area contributed by atoms with Crippen molar-refractivity contribution in [2.24, 2.45) is 0 Å². The Kier molecular flexibility index (Phi) is 6.81. The van der Waals surface area contributed by atoms with Crippen molar-refractivity contribution in [1.29, 1.82) is 0 Å². The molecule has 2 aromatic carbocycles. The predicted octanol–water partition coefficient (Wildman–Crippen LogP) is 3.31. The van der Waals surface area contributed by atoms with Crippen molar-refractivity contribution < 1.29 is 28.5 Å². The average molecular weight is 507 g/mol. The minimum Gasteiger partial charge on any atom is -0.497 e. The maximum Gasteiger partial charge on any atom is 0.270 e. The minimum atomic E-state index is -0.607. The van der Waals surface area contributed by atoms with Crippen LogP contribution >= 0.6 is 28.1 Å². The second-order valence-electron chi connectivity index (χ2n) is 6.23. The van der Waals surface area contributed by atoms with Gasteiger partial charge in [0, 0.05) is 6.07 Å². The third-order valence-electron chi connectivity index (χ3n) is 4.50. The summed E-state index contributed by atoms with van der Waals surface area (Å²) in [5.74, 6) is 0.643. The molecule has 0 spiro atoms. The van der Waals surface area contributed by atoms with Gasteiger partial charge in [0.2, 0.25) is 0 Å². The van der Waals surface area contributed by atoms with E-state index in [4.69, 9.17) is 31.2 Å². The van der Waals surface area contributed by atoms with E-state index in [9.17, 15) is 9.59 Å². The van der Waals surface area contributed by atoms with Gasteiger partial charge in [-0.3, -0.25) is 14.9 Å². The minimum absolute atomic E-state index is 0.0518. The highest BCUT2D eigenvalue weighted by atomic mass is 79.9. The third-order valence-corrected chi connectivity index (χ3v) is 5.37. The van der Waals surface area contributed by atoms with Crippen LogP contribution in [0.5, 0.6) is 23.0 Å². The number of rotatable bonds is 6. The van der Waals surface area contributed by atoms with E-state index in [1.807, 2.05) is 0 Å². The number of nitrogens with zero attached hydrogens (tertiary/aromatic N) is 1. The molecule has 0 aromatic heterocycles. The molecule has 162 valence electrons. The maximum atomic E-state index is 13.3. The first kappa shape index (κ1) is 22.6. The number of benzene rings is 2. The van der Waals surface area contributed by atoms with E-state index in [-0.39, 0.29) is 10.7 Å². The Bertz CT molecular complexity index is 1100. The van der Waals surface area contributed by atoms with Crippen molar-refractivity contribution >= 4 is 56.8 Å². The molecule has 10 heteroatoms. The van der Waals surface area contributed by atoms with Crippen molar-refractivity contribution in [2.45, 2.75) is 0 Å². The normalized spacial score (nSPS) is 15.1. The highest BCUT2D eigenvalue weighted by molar-refractivity contribution is 9.10. The van der Waals surface area contributed by atoms with Gasteiger partial charge in [0.1, 0.15) is 17.1 Å². The lowest BCUT2D eigenvalue weighted by molar-refractivity contribution is -0.122. The van der Waals surface area contributed by atoms with Crippen LogP contribution in [0.3, 0.4) is 0 Å². The maximum absolute atomic E-state index is 13.3. The molecule has 1 saturated heterocycles. The monoisotopic (exact) mass is 506 g/mol. The quantitative estimate of drug-likeness (QED) is 0.365. The van der Waals surface area contributed by atoms with Crippen molar-refractivity contribution in [1.82, 2.24) is 5.32 Å². The summed E-state index contributed by atoms with van der Waals surface area (Å²) in [7, 11) is 6.00. The number of ether oxygens (including phenoxy) is 4. The van der Waals surface area contributed by atoms with E-state index in [0.29, 0.717) is 38.7 Å². The van der Waals surface area contributed by atoms with E-state index < -0.39 is 11.8 Å². The zero-order chi connectivity index (χ0) is 22.7. The summed E-state index contributed by atoms with van der Waals surface area (Å²) in [5.41, 5.74) is 0.820. The Morgan fingerprint density at radius 2 is 1.68 bits per heavy atom. The van der Waals surface area contributed by atoms with Crippen molar-refractivity contribution in [3.63, 3.8) is 0 Å². The molecule has 0 bridgehead atoms. The lowest BCUT2D eigenvalue weighted by atomic mass is 10.1. The van der Waals surface area contributed by atoms with Crippen LogP contribution in [0.4, 0.5) is 5.69 Å². The van der Waals surface area contributed by atoms with E-state index in [1.165, 1.54) is 39.4 Å². The molecule has 0 atom stereocenters. The lowest BCUT2D eigenvalue weighted by Gasteiger charge is -2.30. The van der Waals surface area contributed by atoms with Gasteiger partial charge in [-0.15, -0.1) is 0 Å². The summed E-state index contributed by atoms with van der Waals surface area (Å²) in [6, 6.07) is 8.28. The topological polar surface area (TPSA) is 86.3 Å². The van der Waals surface area contributed by atoms with Gasteiger partial charge in [-0.2, -0.15) is 0 Å². The highest BCUT2D eigenvalue weighted by Gasteiger charge is 2.36. The highest BCUT2D eigenvalue weighted by Crippen LogP contribution is 2.38. The van der Waals surface area contributed by atoms with Gasteiger partial charge in [-0.25, -0.2) is 4.90 Å². The fourth-order valence-corrected chi connectivity index (χ4v) is 3.93. The van der Waals surface area contributed by atoms with E-state index >= 15 is 0 Å². The van der Waals surface area contributed by atoms with Crippen LogP contribution in [0.15, 0.2) is 40.4 Å². The average Bonchev–Trinajstić information content (AvgIpc) is 2.76. The van der Waals surface area contributed by atoms with Crippen LogP contribution in [0.25, 0.3) is 6.08 Å². The van der Waals surface area contributed by atoms with Crippen molar-refractivity contribution in [3.05, 3.63) is 45.9 Å². The number of hydrogen-bond acceptors (Lipinski definition) is 7. The van der Waals surface area contributed by atoms with Gasteiger partial charge >= 0.3 is 0 Å². The molecule has 2 amide bonds. The van der Waals surface area contributed by atoms with Crippen LogP contribution < -0.4 is 29.2 Å². The van der Waals surface area contributed by atoms with Gasteiger partial charge in [-0.1, -0.05) is 0 Å². The van der Waals surface area contributed by atoms with Crippen LogP contribution in [-0.4, -0.2) is 45.4 Å². The molecular formula is C21H19BrN2O6S. The summed E-state index contributed by atoms with van der Waals surface area (Å²) in [6.45, 7) is 0. The Hall–Kier alpha value is -3.11. The molecule has 1 aliphatic rings. The van der Waals surface area contributed by atoms with Crippen LogP contribution in [-0.2, 0) is 9.59 Å². The molecule has 0 unspecified atom stereocenters. The smallest absolute Gasteiger partial charge is 0.270 e. The number of thiocarbonyl (C=S) groups is 1. The fourth-order valence-electron chi connectivity index (χ4n) is 3.03. The molecule has 1 heterocycles. The first-order valence-corrected chi connectivity index (χ1v) is 10.1. The number of carbonyl (C=O) groups is 2. The number of halogens is 1. The summed E-state index contributed by atoms with van der Waals surface area (Å²) >= 11 is 8.66. The molecule has 0 radical (unpaired) electrons. The zero-order valence-electron chi connectivity index (χ0n) is 17.1. The van der Waals surface area contributed by atoms with Crippen LogP contribution in [0, 0.1) is 0 Å². The molecule has 0 saturated carbocycles. The second kappa shape index (κ2) is 9.36. The number of methoxy groups -OCH3 is 4. The van der Waals surface area contributed by atoms with E-state index in [1.54, 1.807) is 30.3 Å². The summed E-state index contributed by atoms with van der Waals surface area (Å²) in [4.78, 5) is 27.1. The Morgan fingerprint density at radius 1 is 0.968 bits per heavy atom. The third kappa shape index (κ3) is 4.35. The van der Waals surface area contributed by atoms with E-state index in [2.05, 4.69) is 21.2 Å². The standard InChI is InChI=1S/C21H19BrN2O6S/c1-27-12-5-6-15(16(10-12)28-2)24-20(26)13(19(25)23-21(24)31)7-11-8-14(22)18(30-4)17(9-11)29-3/h5-10H,1-4H3,(H,23,25,31)/b13-7-. The molecule has 3 rings (SSSR count). The van der Waals surface area contributed by atoms with Crippen LogP contribution in [0.1, 0.15) is 5.56 Å². The molecule has 31 heavy (non-hydrogen) atoms. The summed E-state index contributed by atoms with van der Waals surface area (Å²) in [5, 5.41) is 2.50. The van der Waals surface area contributed by atoms with Gasteiger partial charge in [-0.05, 0) is 64.1 Å². The first-order chi connectivity index (χ1) is 14.8. The van der Waals surface area contributed by atoms with Gasteiger partial charge < -0.3 is 18.9 Å². The number of nitrogens with one attached hydrogen (secondary N) is 1. The Labute approximate surface area is 192 Å². The van der Waals surface area contributed by atoms with E-state index in [0.717, 1.165) is 0 Å². The largest absolute Gasteiger partial charge is 0.497 e. The predicted molar refractivity (Wildman–Crippen MR) is 123 cm³/mol. The van der Waals surface area contributed by atoms with Gasteiger partial charge in [0.25, 0.3) is 11.8 Å². The molecule has 2 aromatic rings. The number of hydrogen-bond donors (Lipinski definition) is 1.